The number of carboxylic acid groups (broad SMARTS) is 1. The summed E-state index contributed by atoms with van der Waals surface area (Å²) < 4.78 is 27.2. The quantitative estimate of drug-likeness (QED) is 0.773. The van der Waals surface area contributed by atoms with Gasteiger partial charge in [0, 0.05) is 24.3 Å². The number of hydrogen-bond donors (Lipinski definition) is 2. The van der Waals surface area contributed by atoms with Crippen molar-refractivity contribution in [3.05, 3.63) is 59.7 Å². The Morgan fingerprint density at radius 3 is 2.15 bits per heavy atom. The highest BCUT2D eigenvalue weighted by molar-refractivity contribution is 7.92. The minimum atomic E-state index is -3.94. The lowest BCUT2D eigenvalue weighted by Crippen LogP contribution is -2.30. The zero-order valence-electron chi connectivity index (χ0n) is 14.5. The molecule has 0 spiro atoms. The van der Waals surface area contributed by atoms with E-state index in [9.17, 15) is 18.0 Å². The molecule has 1 amide bonds. The molecule has 138 valence electrons. The minimum Gasteiger partial charge on any atom is -0.478 e. The van der Waals surface area contributed by atoms with Gasteiger partial charge in [-0.2, -0.15) is 0 Å². The van der Waals surface area contributed by atoms with Crippen molar-refractivity contribution < 1.29 is 23.1 Å². The molecule has 0 fully saturated rings. The van der Waals surface area contributed by atoms with Crippen molar-refractivity contribution >= 4 is 27.6 Å². The predicted molar refractivity (Wildman–Crippen MR) is 97.9 cm³/mol. The highest BCUT2D eigenvalue weighted by Crippen LogP contribution is 2.18. The van der Waals surface area contributed by atoms with Gasteiger partial charge in [-0.1, -0.05) is 6.07 Å². The molecule has 0 saturated heterocycles. The third-order valence-corrected chi connectivity index (χ3v) is 5.20. The van der Waals surface area contributed by atoms with Gasteiger partial charge in [0.2, 0.25) is 0 Å². The van der Waals surface area contributed by atoms with E-state index in [-0.39, 0.29) is 22.1 Å². The summed E-state index contributed by atoms with van der Waals surface area (Å²) in [5.41, 5.74) is 0.624. The molecular formula is C18H20N2O5S. The maximum absolute atomic E-state index is 12.4. The Hall–Kier alpha value is -2.87. The number of anilines is 1. The summed E-state index contributed by atoms with van der Waals surface area (Å²) in [7, 11) is -3.94. The van der Waals surface area contributed by atoms with E-state index in [4.69, 9.17) is 5.11 Å². The number of rotatable bonds is 7. The molecule has 0 bridgehead atoms. The first kappa shape index (κ1) is 19.5. The number of carbonyl (C=O) groups is 2. The molecule has 0 aliphatic heterocycles. The van der Waals surface area contributed by atoms with Crippen LogP contribution in [0.5, 0.6) is 0 Å². The Morgan fingerprint density at radius 2 is 1.62 bits per heavy atom. The molecule has 8 heteroatoms. The first-order valence-electron chi connectivity index (χ1n) is 8.04. The summed E-state index contributed by atoms with van der Waals surface area (Å²) in [5, 5.41) is 8.98. The minimum absolute atomic E-state index is 0.118. The third kappa shape index (κ3) is 4.40. The van der Waals surface area contributed by atoms with Gasteiger partial charge in [0.1, 0.15) is 0 Å². The molecule has 2 aromatic carbocycles. The fraction of sp³-hybridized carbons (Fsp3) is 0.222. The third-order valence-electron chi connectivity index (χ3n) is 3.83. The molecule has 0 saturated carbocycles. The van der Waals surface area contributed by atoms with Crippen molar-refractivity contribution in [1.29, 1.82) is 0 Å². The van der Waals surface area contributed by atoms with Gasteiger partial charge in [0.05, 0.1) is 10.5 Å². The SMILES string of the molecule is CCN(CC)C(=O)c1ccc(NS(=O)(=O)c2cccc(C(=O)O)c2)cc1. The van der Waals surface area contributed by atoms with Gasteiger partial charge in [-0.25, -0.2) is 13.2 Å². The van der Waals surface area contributed by atoms with Gasteiger partial charge in [0.15, 0.2) is 0 Å². The molecule has 2 rings (SSSR count). The maximum atomic E-state index is 12.4. The number of nitrogens with one attached hydrogen (secondary N) is 1. The average Bonchev–Trinajstić information content (AvgIpc) is 2.63. The zero-order valence-corrected chi connectivity index (χ0v) is 15.3. The summed E-state index contributed by atoms with van der Waals surface area (Å²) in [6.07, 6.45) is 0. The molecule has 0 aliphatic carbocycles. The van der Waals surface area contributed by atoms with Crippen molar-refractivity contribution in [1.82, 2.24) is 4.90 Å². The van der Waals surface area contributed by atoms with Crippen molar-refractivity contribution in [2.75, 3.05) is 17.8 Å². The van der Waals surface area contributed by atoms with Gasteiger partial charge in [-0.15, -0.1) is 0 Å². The monoisotopic (exact) mass is 376 g/mol. The van der Waals surface area contributed by atoms with E-state index in [0.29, 0.717) is 18.7 Å². The fourth-order valence-electron chi connectivity index (χ4n) is 2.38. The van der Waals surface area contributed by atoms with Crippen LogP contribution in [0, 0.1) is 0 Å². The van der Waals surface area contributed by atoms with Crippen molar-refractivity contribution in [3.63, 3.8) is 0 Å². The normalized spacial score (nSPS) is 11.0. The van der Waals surface area contributed by atoms with Crippen LogP contribution < -0.4 is 4.72 Å². The average molecular weight is 376 g/mol. The van der Waals surface area contributed by atoms with Crippen LogP contribution in [0.3, 0.4) is 0 Å². The summed E-state index contributed by atoms with van der Waals surface area (Å²) >= 11 is 0. The second kappa shape index (κ2) is 8.01. The lowest BCUT2D eigenvalue weighted by Gasteiger charge is -2.18. The lowest BCUT2D eigenvalue weighted by molar-refractivity contribution is 0.0695. The highest BCUT2D eigenvalue weighted by Gasteiger charge is 2.17. The first-order chi connectivity index (χ1) is 12.3. The molecule has 26 heavy (non-hydrogen) atoms. The number of nitrogens with zero attached hydrogens (tertiary/aromatic N) is 1. The van der Waals surface area contributed by atoms with Crippen LogP contribution in [-0.4, -0.2) is 43.4 Å². The molecule has 2 aromatic rings. The van der Waals surface area contributed by atoms with Gasteiger partial charge < -0.3 is 10.0 Å². The molecule has 0 unspecified atom stereocenters. The maximum Gasteiger partial charge on any atom is 0.335 e. The van der Waals surface area contributed by atoms with Gasteiger partial charge in [-0.05, 0) is 56.3 Å². The molecule has 2 N–H and O–H groups in total. The van der Waals surface area contributed by atoms with Crippen LogP contribution >= 0.6 is 0 Å². The smallest absolute Gasteiger partial charge is 0.335 e. The summed E-state index contributed by atoms with van der Waals surface area (Å²) in [6.45, 7) is 4.94. The Balaban J connectivity index is 2.21. The van der Waals surface area contributed by atoms with Crippen molar-refractivity contribution in [3.8, 4) is 0 Å². The zero-order chi connectivity index (χ0) is 19.3. The number of sulfonamides is 1. The van der Waals surface area contributed by atoms with Crippen LogP contribution in [0.25, 0.3) is 0 Å². The van der Waals surface area contributed by atoms with E-state index < -0.39 is 16.0 Å². The van der Waals surface area contributed by atoms with Gasteiger partial charge in [0.25, 0.3) is 15.9 Å². The Labute approximate surface area is 152 Å². The van der Waals surface area contributed by atoms with E-state index >= 15 is 0 Å². The van der Waals surface area contributed by atoms with Crippen LogP contribution in [0.15, 0.2) is 53.4 Å². The predicted octanol–water partition coefficient (Wildman–Crippen LogP) is 2.67. The molecule has 0 heterocycles. The lowest BCUT2D eigenvalue weighted by atomic mass is 10.2. The Morgan fingerprint density at radius 1 is 1.00 bits per heavy atom. The number of carbonyl (C=O) groups excluding carboxylic acids is 1. The van der Waals surface area contributed by atoms with E-state index in [1.165, 1.54) is 30.3 Å². The van der Waals surface area contributed by atoms with Crippen LogP contribution in [-0.2, 0) is 10.0 Å². The number of hydrogen-bond acceptors (Lipinski definition) is 4. The van der Waals surface area contributed by atoms with Crippen molar-refractivity contribution in [2.45, 2.75) is 18.7 Å². The summed E-state index contributed by atoms with van der Waals surface area (Å²) in [5.74, 6) is -1.33. The molecule has 0 atom stereocenters. The first-order valence-corrected chi connectivity index (χ1v) is 9.52. The van der Waals surface area contributed by atoms with E-state index in [0.717, 1.165) is 6.07 Å². The molecule has 0 radical (unpaired) electrons. The summed E-state index contributed by atoms with van der Waals surface area (Å²) in [4.78, 5) is 24.8. The fourth-order valence-corrected chi connectivity index (χ4v) is 3.49. The second-order valence-electron chi connectivity index (χ2n) is 5.49. The van der Waals surface area contributed by atoms with Crippen molar-refractivity contribution in [2.24, 2.45) is 0 Å². The topological polar surface area (TPSA) is 104 Å². The van der Waals surface area contributed by atoms with Crippen LogP contribution in [0.2, 0.25) is 0 Å². The molecule has 0 aromatic heterocycles. The van der Waals surface area contributed by atoms with Crippen LogP contribution in [0.1, 0.15) is 34.6 Å². The van der Waals surface area contributed by atoms with Gasteiger partial charge >= 0.3 is 5.97 Å². The van der Waals surface area contributed by atoms with E-state index in [1.54, 1.807) is 17.0 Å². The highest BCUT2D eigenvalue weighted by atomic mass is 32.2. The number of aromatic carboxylic acids is 1. The van der Waals surface area contributed by atoms with Crippen LogP contribution in [0.4, 0.5) is 5.69 Å². The Kier molecular flexibility index (Phi) is 5.99. The number of benzene rings is 2. The second-order valence-corrected chi connectivity index (χ2v) is 7.18. The molecular weight excluding hydrogens is 356 g/mol. The van der Waals surface area contributed by atoms with E-state index in [2.05, 4.69) is 4.72 Å². The Bertz CT molecular complexity index is 903. The number of carboxylic acids is 1. The molecule has 7 nitrogen and oxygen atoms in total. The standard InChI is InChI=1S/C18H20N2O5S/c1-3-20(4-2)17(21)13-8-10-15(11-9-13)19-26(24,25)16-7-5-6-14(12-16)18(22)23/h5-12,19H,3-4H2,1-2H3,(H,22,23). The van der Waals surface area contributed by atoms with Gasteiger partial charge in [-0.3, -0.25) is 9.52 Å². The molecule has 0 aliphatic rings. The van der Waals surface area contributed by atoms with E-state index in [1.807, 2.05) is 13.8 Å². The summed E-state index contributed by atoms with van der Waals surface area (Å²) in [6, 6.07) is 11.2. The number of amides is 1. The largest absolute Gasteiger partial charge is 0.478 e.